The fourth-order valence-electron chi connectivity index (χ4n) is 3.40. The first kappa shape index (κ1) is 24.0. The Hall–Kier alpha value is -3.68. The van der Waals surface area contributed by atoms with Crippen molar-refractivity contribution in [2.24, 2.45) is 0 Å². The van der Waals surface area contributed by atoms with Crippen LogP contribution in [0.2, 0.25) is 0 Å². The third-order valence-electron chi connectivity index (χ3n) is 4.93. The molecular weight excluding hydrogens is 426 g/mol. The van der Waals surface area contributed by atoms with Crippen LogP contribution in [-0.2, 0) is 25.6 Å². The fraction of sp³-hybridized carbons (Fsp3) is 0.360. The minimum atomic E-state index is -0.435. The summed E-state index contributed by atoms with van der Waals surface area (Å²) in [5.74, 6) is -0.891. The molecule has 8 heteroatoms. The van der Waals surface area contributed by atoms with Gasteiger partial charge in [-0.1, -0.05) is 12.1 Å². The Morgan fingerprint density at radius 3 is 2.58 bits per heavy atom. The Balaban J connectivity index is 1.81. The first-order valence-electron chi connectivity index (χ1n) is 10.8. The van der Waals surface area contributed by atoms with Crippen molar-refractivity contribution in [1.29, 1.82) is 0 Å². The second-order valence-electron chi connectivity index (χ2n) is 7.83. The highest BCUT2D eigenvalue weighted by atomic mass is 16.5. The molecule has 0 atom stereocenters. The lowest BCUT2D eigenvalue weighted by Gasteiger charge is -2.30. The Morgan fingerprint density at radius 2 is 1.85 bits per heavy atom. The summed E-state index contributed by atoms with van der Waals surface area (Å²) in [4.78, 5) is 50.6. The first-order chi connectivity index (χ1) is 15.8. The van der Waals surface area contributed by atoms with E-state index in [1.807, 2.05) is 6.07 Å². The number of fused-ring (bicyclic) bond motifs is 1. The van der Waals surface area contributed by atoms with Gasteiger partial charge in [-0.3, -0.25) is 14.4 Å². The molecule has 0 saturated carbocycles. The molecule has 0 N–H and O–H groups in total. The number of amides is 1. The lowest BCUT2D eigenvalue weighted by Crippen LogP contribution is -2.38. The smallest absolute Gasteiger partial charge is 0.338 e. The summed E-state index contributed by atoms with van der Waals surface area (Å²) in [6, 6.07) is 11.7. The summed E-state index contributed by atoms with van der Waals surface area (Å²) >= 11 is 0. The monoisotopic (exact) mass is 453 g/mol. The van der Waals surface area contributed by atoms with Gasteiger partial charge in [0.15, 0.2) is 12.4 Å². The van der Waals surface area contributed by atoms with E-state index in [9.17, 15) is 19.2 Å². The zero-order chi connectivity index (χ0) is 24.0. The van der Waals surface area contributed by atoms with Crippen molar-refractivity contribution in [3.05, 3.63) is 59.2 Å². The van der Waals surface area contributed by atoms with Gasteiger partial charge in [0.1, 0.15) is 5.75 Å². The number of benzene rings is 2. The van der Waals surface area contributed by atoms with E-state index in [-0.39, 0.29) is 50.4 Å². The van der Waals surface area contributed by atoms with Crippen molar-refractivity contribution >= 4 is 29.3 Å². The summed E-state index contributed by atoms with van der Waals surface area (Å²) in [7, 11) is 0. The predicted octanol–water partition coefficient (Wildman–Crippen LogP) is 3.70. The van der Waals surface area contributed by atoms with Crippen LogP contribution in [0.4, 0.5) is 5.69 Å². The van der Waals surface area contributed by atoms with Gasteiger partial charge in [0.2, 0.25) is 0 Å². The second-order valence-corrected chi connectivity index (χ2v) is 7.83. The first-order valence-corrected chi connectivity index (χ1v) is 10.8. The number of nitrogens with zero attached hydrogens (tertiary/aromatic N) is 1. The van der Waals surface area contributed by atoms with Gasteiger partial charge in [-0.15, -0.1) is 0 Å². The number of esters is 2. The fourth-order valence-corrected chi connectivity index (χ4v) is 3.40. The van der Waals surface area contributed by atoms with Gasteiger partial charge in [0.05, 0.1) is 36.9 Å². The van der Waals surface area contributed by atoms with Crippen LogP contribution in [0.15, 0.2) is 42.5 Å². The molecule has 1 heterocycles. The number of carbonyl (C=O) groups is 4. The van der Waals surface area contributed by atoms with Crippen LogP contribution in [0.5, 0.6) is 5.75 Å². The van der Waals surface area contributed by atoms with Crippen LogP contribution in [0.1, 0.15) is 59.9 Å². The Morgan fingerprint density at radius 1 is 1.06 bits per heavy atom. The molecule has 2 aromatic rings. The molecule has 33 heavy (non-hydrogen) atoms. The minimum absolute atomic E-state index is 0.00638. The molecule has 1 amide bonds. The van der Waals surface area contributed by atoms with Gasteiger partial charge in [-0.05, 0) is 56.7 Å². The average molecular weight is 453 g/mol. The quantitative estimate of drug-likeness (QED) is 0.422. The lowest BCUT2D eigenvalue weighted by atomic mass is 10.0. The SMILES string of the molecule is CCOC(=O)CCC(=O)c1ccc2c(c1)N(Cc1cccc(C(=O)OC(C)C)c1)C(=O)CO2. The summed E-state index contributed by atoms with van der Waals surface area (Å²) in [5.41, 5.74) is 1.96. The Kier molecular flexibility index (Phi) is 7.82. The molecule has 0 saturated heterocycles. The number of carbonyl (C=O) groups excluding carboxylic acids is 4. The molecule has 0 bridgehead atoms. The molecule has 0 unspecified atom stereocenters. The number of Topliss-reactive ketones (excluding diaryl/α,β-unsaturated/α-hetero) is 1. The van der Waals surface area contributed by atoms with Crippen molar-refractivity contribution in [3.8, 4) is 5.75 Å². The third-order valence-corrected chi connectivity index (χ3v) is 4.93. The number of hydrogen-bond acceptors (Lipinski definition) is 7. The molecule has 0 radical (unpaired) electrons. The summed E-state index contributed by atoms with van der Waals surface area (Å²) in [6.45, 7) is 5.58. The van der Waals surface area contributed by atoms with Crippen LogP contribution >= 0.6 is 0 Å². The molecule has 8 nitrogen and oxygen atoms in total. The van der Waals surface area contributed by atoms with E-state index in [4.69, 9.17) is 14.2 Å². The molecule has 0 aromatic heterocycles. The Bertz CT molecular complexity index is 1060. The summed E-state index contributed by atoms with van der Waals surface area (Å²) < 4.78 is 15.6. The third kappa shape index (κ3) is 6.19. The van der Waals surface area contributed by atoms with E-state index in [0.717, 1.165) is 5.56 Å². The number of hydrogen-bond donors (Lipinski definition) is 0. The van der Waals surface area contributed by atoms with E-state index >= 15 is 0 Å². The molecule has 1 aliphatic heterocycles. The van der Waals surface area contributed by atoms with Crippen LogP contribution in [0.25, 0.3) is 0 Å². The van der Waals surface area contributed by atoms with E-state index in [2.05, 4.69) is 0 Å². The van der Waals surface area contributed by atoms with Crippen molar-refractivity contribution in [2.45, 2.75) is 46.3 Å². The molecular formula is C25H27NO7. The molecule has 1 aliphatic rings. The average Bonchev–Trinajstić information content (AvgIpc) is 2.79. The van der Waals surface area contributed by atoms with Crippen molar-refractivity contribution in [1.82, 2.24) is 0 Å². The normalized spacial score (nSPS) is 12.7. The van der Waals surface area contributed by atoms with E-state index in [1.54, 1.807) is 57.2 Å². The molecule has 0 spiro atoms. The zero-order valence-electron chi connectivity index (χ0n) is 19.0. The van der Waals surface area contributed by atoms with Gasteiger partial charge in [0.25, 0.3) is 5.91 Å². The number of rotatable bonds is 9. The van der Waals surface area contributed by atoms with Gasteiger partial charge in [0, 0.05) is 12.0 Å². The minimum Gasteiger partial charge on any atom is -0.482 e. The highest BCUT2D eigenvalue weighted by Gasteiger charge is 2.27. The maximum absolute atomic E-state index is 12.7. The highest BCUT2D eigenvalue weighted by Crippen LogP contribution is 2.34. The Labute approximate surface area is 192 Å². The standard InChI is InChI=1S/C25H27NO7/c1-4-31-24(29)11-9-21(27)18-8-10-22-20(13-18)26(23(28)15-32-22)14-17-6-5-7-19(12-17)25(30)33-16(2)3/h5-8,10,12-13,16H,4,9,11,14-15H2,1-3H3. The number of anilines is 1. The van der Waals surface area contributed by atoms with Crippen molar-refractivity contribution in [2.75, 3.05) is 18.1 Å². The molecule has 2 aromatic carbocycles. The summed E-state index contributed by atoms with van der Waals surface area (Å²) in [5, 5.41) is 0. The van der Waals surface area contributed by atoms with Crippen molar-refractivity contribution < 1.29 is 33.4 Å². The summed E-state index contributed by atoms with van der Waals surface area (Å²) in [6.07, 6.45) is -0.247. The second kappa shape index (κ2) is 10.8. The molecule has 0 aliphatic carbocycles. The number of ketones is 1. The van der Waals surface area contributed by atoms with Crippen LogP contribution in [-0.4, -0.2) is 42.9 Å². The van der Waals surface area contributed by atoms with E-state index in [1.165, 1.54) is 4.90 Å². The topological polar surface area (TPSA) is 99.2 Å². The largest absolute Gasteiger partial charge is 0.482 e. The van der Waals surface area contributed by atoms with Crippen LogP contribution in [0, 0.1) is 0 Å². The van der Waals surface area contributed by atoms with Crippen molar-refractivity contribution in [3.63, 3.8) is 0 Å². The van der Waals surface area contributed by atoms with Gasteiger partial charge in [-0.2, -0.15) is 0 Å². The van der Waals surface area contributed by atoms with Crippen LogP contribution < -0.4 is 9.64 Å². The van der Waals surface area contributed by atoms with Gasteiger partial charge < -0.3 is 19.1 Å². The van der Waals surface area contributed by atoms with Gasteiger partial charge in [-0.25, -0.2) is 4.79 Å². The molecule has 0 fully saturated rings. The molecule has 174 valence electrons. The van der Waals surface area contributed by atoms with E-state index in [0.29, 0.717) is 22.6 Å². The lowest BCUT2D eigenvalue weighted by molar-refractivity contribution is -0.143. The maximum atomic E-state index is 12.7. The van der Waals surface area contributed by atoms with Gasteiger partial charge >= 0.3 is 11.9 Å². The molecule has 3 rings (SSSR count). The highest BCUT2D eigenvalue weighted by molar-refractivity contribution is 6.02. The van der Waals surface area contributed by atoms with Crippen LogP contribution in [0.3, 0.4) is 0 Å². The predicted molar refractivity (Wildman–Crippen MR) is 120 cm³/mol. The van der Waals surface area contributed by atoms with E-state index < -0.39 is 11.9 Å². The zero-order valence-corrected chi connectivity index (χ0v) is 19.0. The number of ether oxygens (including phenoxy) is 3. The maximum Gasteiger partial charge on any atom is 0.338 e.